The van der Waals surface area contributed by atoms with E-state index in [9.17, 15) is 22.8 Å². The van der Waals surface area contributed by atoms with Gasteiger partial charge in [0, 0.05) is 16.1 Å². The molecule has 4 rings (SSSR count). The maximum Gasteiger partial charge on any atom is 0.416 e. The topological polar surface area (TPSA) is 64.0 Å². The van der Waals surface area contributed by atoms with Gasteiger partial charge in [0.2, 0.25) is 5.91 Å². The lowest BCUT2D eigenvalue weighted by molar-refractivity contribution is -0.137. The minimum Gasteiger partial charge on any atom is -0.324 e. The molecular weight excluding hydrogens is 451 g/mol. The zero-order valence-electron chi connectivity index (χ0n) is 17.8. The second-order valence-corrected chi connectivity index (χ2v) is 8.73. The van der Waals surface area contributed by atoms with E-state index < -0.39 is 23.7 Å². The first-order valence-corrected chi connectivity index (χ1v) is 11.1. The number of aryl methyl sites for hydroxylation is 1. The number of carbonyl (C=O) groups excluding carboxylic acids is 1. The maximum absolute atomic E-state index is 13.5. The summed E-state index contributed by atoms with van der Waals surface area (Å²) in [6.45, 7) is 3.64. The van der Waals surface area contributed by atoms with Crippen LogP contribution < -0.4 is 10.9 Å². The molecule has 0 radical (unpaired) electrons. The molecule has 0 bridgehead atoms. The summed E-state index contributed by atoms with van der Waals surface area (Å²) in [5.74, 6) is -0.590. The largest absolute Gasteiger partial charge is 0.416 e. The van der Waals surface area contributed by atoms with Gasteiger partial charge in [0.25, 0.3) is 5.56 Å². The van der Waals surface area contributed by atoms with E-state index in [2.05, 4.69) is 10.3 Å². The molecular formula is C24H20F3N3O2S. The molecule has 1 atom stereocenters. The van der Waals surface area contributed by atoms with Gasteiger partial charge < -0.3 is 5.32 Å². The Labute approximate surface area is 191 Å². The van der Waals surface area contributed by atoms with Crippen LogP contribution in [0, 0.1) is 6.92 Å². The number of hydrogen-bond donors (Lipinski definition) is 1. The monoisotopic (exact) mass is 471 g/mol. The minimum absolute atomic E-state index is 0.00622. The zero-order chi connectivity index (χ0) is 23.8. The lowest BCUT2D eigenvalue weighted by Gasteiger charge is -2.18. The number of thiophene rings is 1. The molecule has 0 saturated carbocycles. The number of fused-ring (bicyclic) bond motifs is 1. The van der Waals surface area contributed by atoms with Crippen molar-refractivity contribution in [1.29, 1.82) is 0 Å². The highest BCUT2D eigenvalue weighted by Crippen LogP contribution is 2.35. The van der Waals surface area contributed by atoms with E-state index in [0.717, 1.165) is 28.1 Å². The number of aromatic nitrogens is 2. The third-order valence-electron chi connectivity index (χ3n) is 5.36. The summed E-state index contributed by atoms with van der Waals surface area (Å²) in [6, 6.07) is 12.9. The molecule has 0 spiro atoms. The molecule has 1 N–H and O–H groups in total. The molecule has 0 aliphatic heterocycles. The fourth-order valence-electron chi connectivity index (χ4n) is 3.80. The molecule has 9 heteroatoms. The van der Waals surface area contributed by atoms with Crippen molar-refractivity contribution in [2.75, 3.05) is 5.32 Å². The summed E-state index contributed by atoms with van der Waals surface area (Å²) in [5.41, 5.74) is 0.422. The van der Waals surface area contributed by atoms with Gasteiger partial charge in [-0.05, 0) is 37.1 Å². The van der Waals surface area contributed by atoms with Crippen molar-refractivity contribution in [3.8, 4) is 11.1 Å². The quantitative estimate of drug-likeness (QED) is 0.386. The van der Waals surface area contributed by atoms with E-state index in [1.54, 1.807) is 6.92 Å². The van der Waals surface area contributed by atoms with E-state index in [1.165, 1.54) is 34.4 Å². The number of hydrogen-bond acceptors (Lipinski definition) is 4. The molecule has 5 nitrogen and oxygen atoms in total. The molecule has 0 aliphatic rings. The summed E-state index contributed by atoms with van der Waals surface area (Å²) in [5, 5.41) is 2.93. The maximum atomic E-state index is 13.5. The molecule has 1 unspecified atom stereocenters. The molecule has 0 aliphatic carbocycles. The van der Waals surface area contributed by atoms with Crippen LogP contribution in [-0.4, -0.2) is 15.5 Å². The SMILES string of the molecule is CCC(C(=O)Nc1cccc(C(F)(F)F)c1)n1cnc2sc(C)c(-c3ccccc3)c2c1=O. The summed E-state index contributed by atoms with van der Waals surface area (Å²) in [6.07, 6.45) is -2.95. The van der Waals surface area contributed by atoms with Crippen LogP contribution in [0.1, 0.15) is 29.8 Å². The third-order valence-corrected chi connectivity index (χ3v) is 6.37. The van der Waals surface area contributed by atoms with Gasteiger partial charge in [0.05, 0.1) is 17.3 Å². The van der Waals surface area contributed by atoms with Gasteiger partial charge in [0.1, 0.15) is 10.9 Å². The number of rotatable bonds is 5. The molecule has 2 aromatic heterocycles. The van der Waals surface area contributed by atoms with Gasteiger partial charge in [-0.25, -0.2) is 4.98 Å². The van der Waals surface area contributed by atoms with Crippen molar-refractivity contribution < 1.29 is 18.0 Å². The van der Waals surface area contributed by atoms with E-state index >= 15 is 0 Å². The van der Waals surface area contributed by atoms with Crippen LogP contribution in [0.5, 0.6) is 0 Å². The Hall–Kier alpha value is -3.46. The van der Waals surface area contributed by atoms with E-state index in [0.29, 0.717) is 10.2 Å². The van der Waals surface area contributed by atoms with Crippen LogP contribution in [-0.2, 0) is 11.0 Å². The second kappa shape index (κ2) is 8.82. The van der Waals surface area contributed by atoms with Gasteiger partial charge in [0.15, 0.2) is 0 Å². The highest BCUT2D eigenvalue weighted by molar-refractivity contribution is 7.19. The number of nitrogens with one attached hydrogen (secondary N) is 1. The van der Waals surface area contributed by atoms with Crippen molar-refractivity contribution in [2.24, 2.45) is 0 Å². The normalized spacial score (nSPS) is 12.6. The van der Waals surface area contributed by atoms with Crippen molar-refractivity contribution in [2.45, 2.75) is 32.5 Å². The zero-order valence-corrected chi connectivity index (χ0v) is 18.6. The predicted octanol–water partition coefficient (Wildman–Crippen LogP) is 6.04. The Morgan fingerprint density at radius 1 is 1.15 bits per heavy atom. The van der Waals surface area contributed by atoms with Gasteiger partial charge in [-0.15, -0.1) is 11.3 Å². The number of anilines is 1. The van der Waals surface area contributed by atoms with Crippen LogP contribution >= 0.6 is 11.3 Å². The van der Waals surface area contributed by atoms with Crippen LogP contribution in [0.25, 0.3) is 21.3 Å². The molecule has 33 heavy (non-hydrogen) atoms. The average Bonchev–Trinajstić information content (AvgIpc) is 3.12. The first-order valence-electron chi connectivity index (χ1n) is 10.2. The summed E-state index contributed by atoms with van der Waals surface area (Å²) >= 11 is 1.40. The van der Waals surface area contributed by atoms with Gasteiger partial charge in [-0.1, -0.05) is 43.3 Å². The number of nitrogens with zero attached hydrogens (tertiary/aromatic N) is 2. The van der Waals surface area contributed by atoms with Crippen molar-refractivity contribution in [1.82, 2.24) is 9.55 Å². The Morgan fingerprint density at radius 2 is 1.88 bits per heavy atom. The summed E-state index contributed by atoms with van der Waals surface area (Å²) < 4.78 is 40.3. The predicted molar refractivity (Wildman–Crippen MR) is 123 cm³/mol. The highest BCUT2D eigenvalue weighted by Gasteiger charge is 2.31. The minimum atomic E-state index is -4.53. The molecule has 170 valence electrons. The van der Waals surface area contributed by atoms with Crippen LogP contribution in [0.4, 0.5) is 18.9 Å². The molecule has 4 aromatic rings. The molecule has 0 saturated heterocycles. The first kappa shape index (κ1) is 22.7. The lowest BCUT2D eigenvalue weighted by atomic mass is 10.0. The Balaban J connectivity index is 1.74. The van der Waals surface area contributed by atoms with Gasteiger partial charge in [-0.2, -0.15) is 13.2 Å². The standard InChI is InChI=1S/C24H20F3N3O2S/c1-3-18(21(31)29-17-11-7-10-16(12-17)24(25,26)27)30-13-28-22-20(23(30)32)19(14(2)33-22)15-8-5-4-6-9-15/h4-13,18H,3H2,1-2H3,(H,29,31). The highest BCUT2D eigenvalue weighted by atomic mass is 32.1. The number of carbonyl (C=O) groups is 1. The Morgan fingerprint density at radius 3 is 2.55 bits per heavy atom. The fraction of sp³-hybridized carbons (Fsp3) is 0.208. The van der Waals surface area contributed by atoms with E-state index in [1.807, 2.05) is 37.3 Å². The second-order valence-electron chi connectivity index (χ2n) is 7.53. The van der Waals surface area contributed by atoms with Crippen LogP contribution in [0.2, 0.25) is 0 Å². The summed E-state index contributed by atoms with van der Waals surface area (Å²) in [7, 11) is 0. The molecule has 1 amide bonds. The lowest BCUT2D eigenvalue weighted by Crippen LogP contribution is -2.33. The first-order chi connectivity index (χ1) is 15.7. The summed E-state index contributed by atoms with van der Waals surface area (Å²) in [4.78, 5) is 32.4. The van der Waals surface area contributed by atoms with Gasteiger partial charge in [-0.3, -0.25) is 14.2 Å². The fourth-order valence-corrected chi connectivity index (χ4v) is 4.80. The van der Waals surface area contributed by atoms with Gasteiger partial charge >= 0.3 is 6.18 Å². The average molecular weight is 472 g/mol. The number of benzene rings is 2. The number of halogens is 3. The smallest absolute Gasteiger partial charge is 0.324 e. The molecule has 2 aromatic carbocycles. The van der Waals surface area contributed by atoms with Crippen molar-refractivity contribution >= 4 is 33.1 Å². The Kier molecular flexibility index (Phi) is 6.07. The number of amides is 1. The van der Waals surface area contributed by atoms with Crippen LogP contribution in [0.15, 0.2) is 65.7 Å². The van der Waals surface area contributed by atoms with Crippen molar-refractivity contribution in [3.05, 3.63) is 81.7 Å². The van der Waals surface area contributed by atoms with E-state index in [-0.39, 0.29) is 17.7 Å². The number of alkyl halides is 3. The van der Waals surface area contributed by atoms with E-state index in [4.69, 9.17) is 0 Å². The molecule has 2 heterocycles. The van der Waals surface area contributed by atoms with Crippen LogP contribution in [0.3, 0.4) is 0 Å². The molecule has 0 fully saturated rings. The Bertz CT molecular complexity index is 1380. The third kappa shape index (κ3) is 4.41. The van der Waals surface area contributed by atoms with Crippen molar-refractivity contribution in [3.63, 3.8) is 0 Å².